The molecule has 0 aromatic heterocycles. The zero-order valence-electron chi connectivity index (χ0n) is 22.2. The molecule has 2 aliphatic rings. The smallest absolute Gasteiger partial charge is 0.262 e. The van der Waals surface area contributed by atoms with Crippen LogP contribution in [0.4, 0.5) is 0 Å². The maximum absolute atomic E-state index is 12.9. The maximum atomic E-state index is 12.9. The van der Waals surface area contributed by atoms with Crippen LogP contribution in [0.1, 0.15) is 77.6 Å². The van der Waals surface area contributed by atoms with Gasteiger partial charge in [0.05, 0.1) is 24.3 Å². The first-order chi connectivity index (χ1) is 19.0. The quantitative estimate of drug-likeness (QED) is 0.255. The molecule has 208 valence electrons. The van der Waals surface area contributed by atoms with Gasteiger partial charge in [-0.15, -0.1) is 0 Å². The molecule has 2 aliphatic heterocycles. The third kappa shape index (κ3) is 7.97. The number of fused-ring (bicyclic) bond motifs is 1. The molecule has 1 saturated heterocycles. The minimum atomic E-state index is -0.972. The largest absolute Gasteiger partial charge is 0.494 e. The highest BCUT2D eigenvalue weighted by Gasteiger charge is 2.44. The lowest BCUT2D eigenvalue weighted by molar-refractivity contribution is -0.136. The van der Waals surface area contributed by atoms with E-state index in [0.717, 1.165) is 63.2 Å². The van der Waals surface area contributed by atoms with Crippen molar-refractivity contribution in [2.45, 2.75) is 64.0 Å². The zero-order chi connectivity index (χ0) is 27.5. The molecule has 4 rings (SSSR count). The Hall–Kier alpha value is -3.56. The van der Waals surface area contributed by atoms with Gasteiger partial charge in [-0.1, -0.05) is 30.3 Å². The fraction of sp³-hybridized carbons (Fsp3) is 0.467. The van der Waals surface area contributed by atoms with Crippen LogP contribution in [0.25, 0.3) is 0 Å². The monoisotopic (exact) mass is 536 g/mol. The first-order valence-electron chi connectivity index (χ1n) is 13.7. The number of hydrogen-bond donors (Lipinski definition) is 1. The van der Waals surface area contributed by atoms with Crippen LogP contribution in [0.2, 0.25) is 0 Å². The summed E-state index contributed by atoms with van der Waals surface area (Å²) >= 11 is 0. The number of ether oxygens (including phenoxy) is 3. The molecule has 2 aromatic rings. The lowest BCUT2D eigenvalue weighted by Gasteiger charge is -2.27. The van der Waals surface area contributed by atoms with Crippen molar-refractivity contribution in [1.82, 2.24) is 10.2 Å². The molecule has 0 spiro atoms. The number of carbonyl (C=O) groups excluding carboxylic acids is 4. The maximum Gasteiger partial charge on any atom is 0.262 e. The molecule has 1 atom stereocenters. The third-order valence-corrected chi connectivity index (χ3v) is 6.80. The standard InChI is InChI=1S/C30H36N2O7/c33-27-15-14-26(28(34)31-27)32-29(35)24-13-12-23(20-25(24)30(32)36)39-19-9-3-7-17-37-16-6-2-8-18-38-21-22-10-4-1-5-11-22/h1,4-5,10-13,20,26H,2-3,6-9,14-19,21H2,(H,31,33,34). The molecule has 4 amide bonds. The minimum Gasteiger partial charge on any atom is -0.494 e. The molecule has 2 aromatic carbocycles. The van der Waals surface area contributed by atoms with Gasteiger partial charge in [-0.05, 0) is 68.7 Å². The van der Waals surface area contributed by atoms with E-state index in [2.05, 4.69) is 17.4 Å². The Morgan fingerprint density at radius 3 is 2.13 bits per heavy atom. The Balaban J connectivity index is 1.04. The summed E-state index contributed by atoms with van der Waals surface area (Å²) in [4.78, 5) is 50.2. The molecule has 1 unspecified atom stereocenters. The molecule has 0 radical (unpaired) electrons. The molecule has 39 heavy (non-hydrogen) atoms. The average molecular weight is 537 g/mol. The number of piperidine rings is 1. The minimum absolute atomic E-state index is 0.0915. The highest BCUT2D eigenvalue weighted by Crippen LogP contribution is 2.30. The molecule has 1 N–H and O–H groups in total. The van der Waals surface area contributed by atoms with Crippen molar-refractivity contribution < 1.29 is 33.4 Å². The van der Waals surface area contributed by atoms with Gasteiger partial charge in [-0.25, -0.2) is 0 Å². The van der Waals surface area contributed by atoms with Gasteiger partial charge in [0.2, 0.25) is 11.8 Å². The van der Waals surface area contributed by atoms with Gasteiger partial charge in [-0.3, -0.25) is 29.4 Å². The lowest BCUT2D eigenvalue weighted by Crippen LogP contribution is -2.54. The highest BCUT2D eigenvalue weighted by atomic mass is 16.5. The van der Waals surface area contributed by atoms with Gasteiger partial charge in [0, 0.05) is 26.2 Å². The SMILES string of the molecule is O=C1CCC(N2C(=O)c3ccc(OCCCCCOCCCCCOCc4ccccc4)cc3C2=O)C(=O)N1. The predicted octanol–water partition coefficient (Wildman–Crippen LogP) is 4.04. The topological polar surface area (TPSA) is 111 Å². The number of unbranched alkanes of at least 4 members (excludes halogenated alkanes) is 4. The fourth-order valence-electron chi connectivity index (χ4n) is 4.66. The highest BCUT2D eigenvalue weighted by molar-refractivity contribution is 6.23. The molecule has 2 heterocycles. The van der Waals surface area contributed by atoms with Crippen molar-refractivity contribution >= 4 is 23.6 Å². The van der Waals surface area contributed by atoms with Crippen molar-refractivity contribution in [3.63, 3.8) is 0 Å². The molecular formula is C30H36N2O7. The van der Waals surface area contributed by atoms with Crippen molar-refractivity contribution in [2.24, 2.45) is 0 Å². The molecule has 9 heteroatoms. The van der Waals surface area contributed by atoms with Crippen LogP contribution in [0.15, 0.2) is 48.5 Å². The van der Waals surface area contributed by atoms with Crippen molar-refractivity contribution in [1.29, 1.82) is 0 Å². The normalized spacial score (nSPS) is 16.9. The van der Waals surface area contributed by atoms with Crippen LogP contribution in [0.3, 0.4) is 0 Å². The Morgan fingerprint density at radius 2 is 1.41 bits per heavy atom. The van der Waals surface area contributed by atoms with Crippen LogP contribution >= 0.6 is 0 Å². The summed E-state index contributed by atoms with van der Waals surface area (Å²) < 4.78 is 17.2. The van der Waals surface area contributed by atoms with E-state index in [1.165, 1.54) is 5.56 Å². The first-order valence-corrected chi connectivity index (χ1v) is 13.7. The molecular weight excluding hydrogens is 500 g/mol. The van der Waals surface area contributed by atoms with Crippen LogP contribution in [0, 0.1) is 0 Å². The second kappa shape index (κ2) is 14.6. The van der Waals surface area contributed by atoms with Crippen LogP contribution in [-0.4, -0.2) is 61.0 Å². The summed E-state index contributed by atoms with van der Waals surface area (Å²) in [5.74, 6) is -1.57. The summed E-state index contributed by atoms with van der Waals surface area (Å²) in [5, 5.41) is 2.20. The Kier molecular flexibility index (Phi) is 10.6. The van der Waals surface area contributed by atoms with E-state index in [1.54, 1.807) is 18.2 Å². The number of amides is 4. The number of carbonyl (C=O) groups is 4. The number of nitrogens with one attached hydrogen (secondary N) is 1. The Bertz CT molecular complexity index is 1150. The number of hydrogen-bond acceptors (Lipinski definition) is 7. The van der Waals surface area contributed by atoms with E-state index in [4.69, 9.17) is 14.2 Å². The van der Waals surface area contributed by atoms with Gasteiger partial charge in [0.25, 0.3) is 11.8 Å². The van der Waals surface area contributed by atoms with E-state index in [0.29, 0.717) is 19.0 Å². The zero-order valence-corrected chi connectivity index (χ0v) is 22.2. The number of benzene rings is 2. The summed E-state index contributed by atoms with van der Waals surface area (Å²) in [6.07, 6.45) is 6.11. The van der Waals surface area contributed by atoms with E-state index in [1.807, 2.05) is 18.2 Å². The number of rotatable bonds is 16. The summed E-state index contributed by atoms with van der Waals surface area (Å²) in [7, 11) is 0. The Morgan fingerprint density at radius 1 is 0.744 bits per heavy atom. The van der Waals surface area contributed by atoms with Crippen molar-refractivity contribution in [2.75, 3.05) is 26.4 Å². The lowest BCUT2D eigenvalue weighted by atomic mass is 10.0. The average Bonchev–Trinajstić information content (AvgIpc) is 3.18. The molecule has 0 saturated carbocycles. The second-order valence-electron chi connectivity index (χ2n) is 9.77. The van der Waals surface area contributed by atoms with Gasteiger partial charge in [0.1, 0.15) is 11.8 Å². The van der Waals surface area contributed by atoms with Crippen LogP contribution in [0.5, 0.6) is 5.75 Å². The fourth-order valence-corrected chi connectivity index (χ4v) is 4.66. The molecule has 0 bridgehead atoms. The predicted molar refractivity (Wildman–Crippen MR) is 143 cm³/mol. The second-order valence-corrected chi connectivity index (χ2v) is 9.77. The number of nitrogens with zero attached hydrogens (tertiary/aromatic N) is 1. The number of imide groups is 2. The first kappa shape index (κ1) is 28.4. The summed E-state index contributed by atoms with van der Waals surface area (Å²) in [5.41, 5.74) is 1.66. The third-order valence-electron chi connectivity index (χ3n) is 6.80. The molecule has 1 fully saturated rings. The summed E-state index contributed by atoms with van der Waals surface area (Å²) in [6.45, 7) is 3.39. The van der Waals surface area contributed by atoms with Gasteiger partial charge in [0.15, 0.2) is 0 Å². The summed E-state index contributed by atoms with van der Waals surface area (Å²) in [6, 6.07) is 14.0. The van der Waals surface area contributed by atoms with E-state index >= 15 is 0 Å². The van der Waals surface area contributed by atoms with Crippen LogP contribution < -0.4 is 10.1 Å². The van der Waals surface area contributed by atoms with Gasteiger partial charge >= 0.3 is 0 Å². The van der Waals surface area contributed by atoms with Crippen molar-refractivity contribution in [3.05, 3.63) is 65.2 Å². The molecule has 9 nitrogen and oxygen atoms in total. The molecule has 0 aliphatic carbocycles. The van der Waals surface area contributed by atoms with Crippen LogP contribution in [-0.2, 0) is 25.7 Å². The van der Waals surface area contributed by atoms with Gasteiger partial charge < -0.3 is 14.2 Å². The van der Waals surface area contributed by atoms with Gasteiger partial charge in [-0.2, -0.15) is 0 Å². The Labute approximate surface area is 228 Å². The van der Waals surface area contributed by atoms with Crippen molar-refractivity contribution in [3.8, 4) is 5.75 Å². The van der Waals surface area contributed by atoms with E-state index in [-0.39, 0.29) is 24.0 Å². The van der Waals surface area contributed by atoms with E-state index < -0.39 is 29.7 Å². The van der Waals surface area contributed by atoms with E-state index in [9.17, 15) is 19.2 Å².